The van der Waals surface area contributed by atoms with Crippen LogP contribution in [0.15, 0.2) is 22.8 Å². The Kier molecular flexibility index (Phi) is 4.69. The molecule has 4 rings (SSSR count). The van der Waals surface area contributed by atoms with E-state index in [-0.39, 0.29) is 0 Å². The van der Waals surface area contributed by atoms with E-state index in [1.54, 1.807) is 0 Å². The lowest BCUT2D eigenvalue weighted by Gasteiger charge is -2.32. The highest BCUT2D eigenvalue weighted by molar-refractivity contribution is 5.76. The third kappa shape index (κ3) is 3.34. The van der Waals surface area contributed by atoms with Gasteiger partial charge in [-0.3, -0.25) is 4.90 Å². The van der Waals surface area contributed by atoms with E-state index >= 15 is 0 Å². The Morgan fingerprint density at radius 3 is 2.96 bits per heavy atom. The SMILES string of the molecule is CN(C)Cc1nnc([C@@H]2CCCN(Cc3cccc4nonc34)C2)n1C. The zero-order valence-electron chi connectivity index (χ0n) is 15.6. The van der Waals surface area contributed by atoms with Crippen molar-refractivity contribution in [1.82, 2.24) is 34.9 Å². The molecule has 1 fully saturated rings. The second-order valence-corrected chi connectivity index (χ2v) is 7.39. The van der Waals surface area contributed by atoms with Gasteiger partial charge in [0.2, 0.25) is 0 Å². The Morgan fingerprint density at radius 2 is 2.12 bits per heavy atom. The van der Waals surface area contributed by atoms with E-state index in [1.807, 2.05) is 12.1 Å². The van der Waals surface area contributed by atoms with Crippen LogP contribution >= 0.6 is 0 Å². The van der Waals surface area contributed by atoms with E-state index in [9.17, 15) is 0 Å². The lowest BCUT2D eigenvalue weighted by Crippen LogP contribution is -2.35. The van der Waals surface area contributed by atoms with Crippen LogP contribution in [-0.2, 0) is 20.1 Å². The second kappa shape index (κ2) is 7.13. The van der Waals surface area contributed by atoms with Gasteiger partial charge >= 0.3 is 0 Å². The maximum absolute atomic E-state index is 4.89. The minimum absolute atomic E-state index is 0.409. The Hall–Kier alpha value is -2.32. The Bertz CT molecular complexity index is 885. The molecule has 0 unspecified atom stereocenters. The highest BCUT2D eigenvalue weighted by Crippen LogP contribution is 2.27. The first-order valence-electron chi connectivity index (χ1n) is 9.07. The van der Waals surface area contributed by atoms with Gasteiger partial charge in [-0.1, -0.05) is 12.1 Å². The summed E-state index contributed by atoms with van der Waals surface area (Å²) in [5.74, 6) is 2.51. The summed E-state index contributed by atoms with van der Waals surface area (Å²) in [6, 6.07) is 6.05. The van der Waals surface area contributed by atoms with Crippen LogP contribution in [0.1, 0.15) is 36.0 Å². The van der Waals surface area contributed by atoms with Crippen LogP contribution in [0.25, 0.3) is 11.0 Å². The lowest BCUT2D eigenvalue weighted by atomic mass is 9.96. The molecule has 8 heteroatoms. The van der Waals surface area contributed by atoms with E-state index in [0.717, 1.165) is 67.3 Å². The van der Waals surface area contributed by atoms with Gasteiger partial charge in [0, 0.05) is 26.1 Å². The van der Waals surface area contributed by atoms with Gasteiger partial charge in [-0.2, -0.15) is 0 Å². The van der Waals surface area contributed by atoms with Crippen LogP contribution in [0.3, 0.4) is 0 Å². The van der Waals surface area contributed by atoms with Gasteiger partial charge in [-0.25, -0.2) is 4.63 Å². The molecule has 1 aliphatic heterocycles. The van der Waals surface area contributed by atoms with E-state index in [2.05, 4.69) is 62.1 Å². The van der Waals surface area contributed by atoms with Gasteiger partial charge in [0.05, 0.1) is 6.54 Å². The molecule has 1 aromatic carbocycles. The van der Waals surface area contributed by atoms with Gasteiger partial charge < -0.3 is 9.47 Å². The van der Waals surface area contributed by atoms with Crippen LogP contribution in [0.2, 0.25) is 0 Å². The first-order chi connectivity index (χ1) is 12.6. The van der Waals surface area contributed by atoms with Gasteiger partial charge in [0.15, 0.2) is 0 Å². The summed E-state index contributed by atoms with van der Waals surface area (Å²) in [6.07, 6.45) is 2.31. The maximum atomic E-state index is 4.89. The predicted molar refractivity (Wildman–Crippen MR) is 97.5 cm³/mol. The molecule has 26 heavy (non-hydrogen) atoms. The average molecular weight is 355 g/mol. The Morgan fingerprint density at radius 1 is 1.23 bits per heavy atom. The molecule has 1 aliphatic rings. The molecule has 8 nitrogen and oxygen atoms in total. The topological polar surface area (TPSA) is 76.1 Å². The molecule has 0 saturated carbocycles. The minimum Gasteiger partial charge on any atom is -0.317 e. The van der Waals surface area contributed by atoms with Crippen LogP contribution in [0.5, 0.6) is 0 Å². The number of piperidine rings is 1. The fourth-order valence-corrected chi connectivity index (χ4v) is 3.79. The molecule has 138 valence electrons. The Labute approximate surface area is 152 Å². The maximum Gasteiger partial charge on any atom is 0.146 e. The normalized spacial score (nSPS) is 18.8. The standard InChI is InChI=1S/C18H25N7O/c1-23(2)12-16-19-20-18(24(16)3)14-7-5-9-25(11-14)10-13-6-4-8-15-17(13)22-26-21-15/h4,6,8,14H,5,7,9-12H2,1-3H3/t14-/m1/s1. The molecule has 3 aromatic rings. The number of benzene rings is 1. The van der Waals surface area contributed by atoms with Crippen molar-refractivity contribution in [2.45, 2.75) is 31.8 Å². The number of nitrogens with zero attached hydrogens (tertiary/aromatic N) is 7. The number of hydrogen-bond donors (Lipinski definition) is 0. The Balaban J connectivity index is 1.49. The summed E-state index contributed by atoms with van der Waals surface area (Å²) < 4.78 is 7.05. The van der Waals surface area contributed by atoms with Gasteiger partial charge in [0.25, 0.3) is 0 Å². The summed E-state index contributed by atoms with van der Waals surface area (Å²) in [5.41, 5.74) is 2.84. The summed E-state index contributed by atoms with van der Waals surface area (Å²) in [5, 5.41) is 16.9. The van der Waals surface area contributed by atoms with Gasteiger partial charge in [-0.15, -0.1) is 10.2 Å². The quantitative estimate of drug-likeness (QED) is 0.690. The summed E-state index contributed by atoms with van der Waals surface area (Å²) in [6.45, 7) is 3.72. The molecule has 0 bridgehead atoms. The summed E-state index contributed by atoms with van der Waals surface area (Å²) in [4.78, 5) is 4.59. The lowest BCUT2D eigenvalue weighted by molar-refractivity contribution is 0.195. The third-order valence-corrected chi connectivity index (χ3v) is 5.09. The molecule has 3 heterocycles. The monoisotopic (exact) mass is 355 g/mol. The molecule has 0 N–H and O–H groups in total. The minimum atomic E-state index is 0.409. The highest BCUT2D eigenvalue weighted by Gasteiger charge is 2.26. The van der Waals surface area contributed by atoms with Crippen molar-refractivity contribution in [3.8, 4) is 0 Å². The fraction of sp³-hybridized carbons (Fsp3) is 0.556. The number of aromatic nitrogens is 5. The number of hydrogen-bond acceptors (Lipinski definition) is 7. The van der Waals surface area contributed by atoms with E-state index in [4.69, 9.17) is 4.63 Å². The smallest absolute Gasteiger partial charge is 0.146 e. The van der Waals surface area contributed by atoms with Gasteiger partial charge in [0.1, 0.15) is 22.7 Å². The number of rotatable bonds is 5. The first-order valence-corrected chi connectivity index (χ1v) is 9.07. The molecule has 1 atom stereocenters. The number of likely N-dealkylation sites (tertiary alicyclic amines) is 1. The predicted octanol–water partition coefficient (Wildman–Crippen LogP) is 1.79. The van der Waals surface area contributed by atoms with Gasteiger partial charge in [-0.05, 0) is 55.4 Å². The van der Waals surface area contributed by atoms with Crippen LogP contribution in [0, 0.1) is 0 Å². The van der Waals surface area contributed by atoms with Crippen molar-refractivity contribution in [3.05, 3.63) is 35.4 Å². The molecule has 0 aliphatic carbocycles. The van der Waals surface area contributed by atoms with Crippen LogP contribution in [0.4, 0.5) is 0 Å². The molecular formula is C18H25N7O. The van der Waals surface area contributed by atoms with Crippen molar-refractivity contribution in [2.75, 3.05) is 27.2 Å². The largest absolute Gasteiger partial charge is 0.317 e. The van der Waals surface area contributed by atoms with Crippen LogP contribution in [-0.4, -0.2) is 62.1 Å². The molecular weight excluding hydrogens is 330 g/mol. The number of fused-ring (bicyclic) bond motifs is 1. The second-order valence-electron chi connectivity index (χ2n) is 7.39. The van der Waals surface area contributed by atoms with Crippen molar-refractivity contribution in [1.29, 1.82) is 0 Å². The molecule has 1 saturated heterocycles. The van der Waals surface area contributed by atoms with Crippen LogP contribution < -0.4 is 0 Å². The summed E-state index contributed by atoms with van der Waals surface area (Å²) in [7, 11) is 6.18. The van der Waals surface area contributed by atoms with Crippen molar-refractivity contribution >= 4 is 11.0 Å². The third-order valence-electron chi connectivity index (χ3n) is 5.09. The summed E-state index contributed by atoms with van der Waals surface area (Å²) >= 11 is 0. The zero-order valence-corrected chi connectivity index (χ0v) is 15.6. The van der Waals surface area contributed by atoms with Crippen molar-refractivity contribution in [3.63, 3.8) is 0 Å². The van der Waals surface area contributed by atoms with Crippen molar-refractivity contribution < 1.29 is 4.63 Å². The molecule has 0 spiro atoms. The van der Waals surface area contributed by atoms with E-state index < -0.39 is 0 Å². The van der Waals surface area contributed by atoms with E-state index in [0.29, 0.717) is 5.92 Å². The molecule has 0 radical (unpaired) electrons. The molecule has 2 aromatic heterocycles. The van der Waals surface area contributed by atoms with E-state index in [1.165, 1.54) is 0 Å². The highest BCUT2D eigenvalue weighted by atomic mass is 16.6. The average Bonchev–Trinajstić information content (AvgIpc) is 3.23. The fourth-order valence-electron chi connectivity index (χ4n) is 3.79. The van der Waals surface area contributed by atoms with Crippen molar-refractivity contribution in [2.24, 2.45) is 7.05 Å². The molecule has 0 amide bonds. The first kappa shape index (κ1) is 17.1. The zero-order chi connectivity index (χ0) is 18.1.